The van der Waals surface area contributed by atoms with Gasteiger partial charge in [-0.05, 0) is 19.3 Å². The number of hydrogen-bond donors (Lipinski definition) is 1. The van der Waals surface area contributed by atoms with Gasteiger partial charge >= 0.3 is 0 Å². The molecule has 1 amide bonds. The van der Waals surface area contributed by atoms with Crippen molar-refractivity contribution in [3.8, 4) is 0 Å². The quantitative estimate of drug-likeness (QED) is 0.550. The highest BCUT2D eigenvalue weighted by molar-refractivity contribution is 7.80. The monoisotopic (exact) mass is 284 g/mol. The van der Waals surface area contributed by atoms with Crippen molar-refractivity contribution in [3.63, 3.8) is 0 Å². The minimum Gasteiger partial charge on any atom is -0.393 e. The van der Waals surface area contributed by atoms with Crippen LogP contribution in [0.2, 0.25) is 0 Å². The molecule has 0 aromatic rings. The smallest absolute Gasteiger partial charge is 0.222 e. The number of nitrogens with two attached hydrogens (primary N) is 1. The van der Waals surface area contributed by atoms with E-state index >= 15 is 0 Å². The molecule has 2 N–H and O–H groups in total. The molecule has 1 heterocycles. The molecule has 0 spiro atoms. The van der Waals surface area contributed by atoms with E-state index in [4.69, 9.17) is 18.0 Å². The van der Waals surface area contributed by atoms with E-state index in [1.165, 1.54) is 32.1 Å². The summed E-state index contributed by atoms with van der Waals surface area (Å²) >= 11 is 5.04. The Kier molecular flexibility index (Phi) is 8.03. The number of hydrogen-bond acceptors (Lipinski definition) is 2. The van der Waals surface area contributed by atoms with Gasteiger partial charge in [-0.15, -0.1) is 0 Å². The minimum atomic E-state index is 0.234. The summed E-state index contributed by atoms with van der Waals surface area (Å²) in [5.74, 6) is 0.522. The Morgan fingerprint density at radius 1 is 1.26 bits per heavy atom. The molecule has 0 aliphatic carbocycles. The third kappa shape index (κ3) is 6.37. The number of piperidine rings is 1. The molecule has 110 valence electrons. The Morgan fingerprint density at radius 2 is 1.95 bits per heavy atom. The molecular weight excluding hydrogens is 256 g/mol. The van der Waals surface area contributed by atoms with Crippen LogP contribution in [0, 0.1) is 5.92 Å². The molecule has 1 aliphatic heterocycles. The highest BCUT2D eigenvalue weighted by Gasteiger charge is 2.24. The lowest BCUT2D eigenvalue weighted by molar-refractivity contribution is -0.132. The van der Waals surface area contributed by atoms with Crippen molar-refractivity contribution >= 4 is 23.1 Å². The Morgan fingerprint density at radius 3 is 2.63 bits per heavy atom. The summed E-state index contributed by atoms with van der Waals surface area (Å²) in [6.45, 7) is 3.84. The number of carbonyl (C=O) groups excluding carboxylic acids is 1. The van der Waals surface area contributed by atoms with E-state index in [0.717, 1.165) is 32.4 Å². The zero-order valence-electron chi connectivity index (χ0n) is 12.2. The van der Waals surface area contributed by atoms with Crippen LogP contribution in [0.4, 0.5) is 0 Å². The highest BCUT2D eigenvalue weighted by Crippen LogP contribution is 2.18. The maximum Gasteiger partial charge on any atom is 0.222 e. The van der Waals surface area contributed by atoms with E-state index in [2.05, 4.69) is 6.92 Å². The number of rotatable bonds is 8. The fourth-order valence-corrected chi connectivity index (χ4v) is 2.84. The van der Waals surface area contributed by atoms with Crippen LogP contribution in [-0.4, -0.2) is 28.9 Å². The number of nitrogens with zero attached hydrogens (tertiary/aromatic N) is 1. The SMILES string of the molecule is CCCCCCCCC(=O)N1CCCC(C(N)=S)C1. The maximum atomic E-state index is 12.1. The number of thiocarbonyl (C=S) groups is 1. The van der Waals surface area contributed by atoms with Gasteiger partial charge in [0.2, 0.25) is 5.91 Å². The molecule has 4 heteroatoms. The molecule has 1 aliphatic rings. The Hall–Kier alpha value is -0.640. The molecule has 1 saturated heterocycles. The lowest BCUT2D eigenvalue weighted by Gasteiger charge is -2.32. The van der Waals surface area contributed by atoms with E-state index in [-0.39, 0.29) is 11.8 Å². The van der Waals surface area contributed by atoms with Crippen LogP contribution >= 0.6 is 12.2 Å². The lowest BCUT2D eigenvalue weighted by Crippen LogP contribution is -2.43. The van der Waals surface area contributed by atoms with E-state index in [0.29, 0.717) is 11.4 Å². The summed E-state index contributed by atoms with van der Waals surface area (Å²) in [5, 5.41) is 0. The summed E-state index contributed by atoms with van der Waals surface area (Å²) in [6, 6.07) is 0. The van der Waals surface area contributed by atoms with Crippen LogP contribution in [0.25, 0.3) is 0 Å². The first kappa shape index (κ1) is 16.4. The van der Waals surface area contributed by atoms with Crippen molar-refractivity contribution in [2.24, 2.45) is 11.7 Å². The molecule has 1 atom stereocenters. The second kappa shape index (κ2) is 9.29. The first-order valence-corrected chi connectivity index (χ1v) is 8.13. The first-order chi connectivity index (χ1) is 9.15. The molecule has 1 rings (SSSR count). The molecule has 1 unspecified atom stereocenters. The molecule has 3 nitrogen and oxygen atoms in total. The van der Waals surface area contributed by atoms with Crippen molar-refractivity contribution in [1.82, 2.24) is 4.90 Å². The predicted octanol–water partition coefficient (Wildman–Crippen LogP) is 3.26. The Balaban J connectivity index is 2.16. The fourth-order valence-electron chi connectivity index (χ4n) is 2.65. The summed E-state index contributed by atoms with van der Waals surface area (Å²) in [5.41, 5.74) is 5.69. The van der Waals surface area contributed by atoms with Crippen molar-refractivity contribution < 1.29 is 4.79 Å². The second-order valence-electron chi connectivity index (χ2n) is 5.60. The predicted molar refractivity (Wildman–Crippen MR) is 84.1 cm³/mol. The van der Waals surface area contributed by atoms with Gasteiger partial charge in [0.05, 0.1) is 4.99 Å². The minimum absolute atomic E-state index is 0.234. The molecule has 19 heavy (non-hydrogen) atoms. The average Bonchev–Trinajstić information content (AvgIpc) is 2.42. The zero-order chi connectivity index (χ0) is 14.1. The first-order valence-electron chi connectivity index (χ1n) is 7.72. The van der Waals surface area contributed by atoms with E-state index in [1.54, 1.807) is 0 Å². The Bertz CT molecular complexity index is 294. The molecule has 0 saturated carbocycles. The van der Waals surface area contributed by atoms with E-state index < -0.39 is 0 Å². The summed E-state index contributed by atoms with van der Waals surface area (Å²) in [4.78, 5) is 14.6. The van der Waals surface area contributed by atoms with Crippen LogP contribution in [0.3, 0.4) is 0 Å². The molecule has 1 fully saturated rings. The second-order valence-corrected chi connectivity index (χ2v) is 6.07. The van der Waals surface area contributed by atoms with Gasteiger partial charge in [0.1, 0.15) is 0 Å². The largest absolute Gasteiger partial charge is 0.393 e. The summed E-state index contributed by atoms with van der Waals surface area (Å²) < 4.78 is 0. The number of unbranched alkanes of at least 4 members (excludes halogenated alkanes) is 5. The third-order valence-corrected chi connectivity index (χ3v) is 4.25. The van der Waals surface area contributed by atoms with Gasteiger partial charge in [-0.1, -0.05) is 51.2 Å². The van der Waals surface area contributed by atoms with Gasteiger partial charge in [0.25, 0.3) is 0 Å². The van der Waals surface area contributed by atoms with Gasteiger partial charge in [0, 0.05) is 25.4 Å². The topological polar surface area (TPSA) is 46.3 Å². The van der Waals surface area contributed by atoms with Crippen LogP contribution in [-0.2, 0) is 4.79 Å². The van der Waals surface area contributed by atoms with Gasteiger partial charge in [-0.3, -0.25) is 4.79 Å². The van der Waals surface area contributed by atoms with Gasteiger partial charge in [-0.2, -0.15) is 0 Å². The normalized spacial score (nSPS) is 19.4. The lowest BCUT2D eigenvalue weighted by atomic mass is 9.97. The van der Waals surface area contributed by atoms with Crippen LogP contribution in [0.15, 0.2) is 0 Å². The maximum absolute atomic E-state index is 12.1. The van der Waals surface area contributed by atoms with Gasteiger partial charge < -0.3 is 10.6 Å². The molecule has 0 bridgehead atoms. The van der Waals surface area contributed by atoms with Crippen molar-refractivity contribution in [1.29, 1.82) is 0 Å². The number of carbonyl (C=O) groups is 1. The van der Waals surface area contributed by atoms with Crippen LogP contribution in [0.1, 0.15) is 64.7 Å². The van der Waals surface area contributed by atoms with E-state index in [1.807, 2.05) is 4.90 Å². The third-order valence-electron chi connectivity index (χ3n) is 3.92. The van der Waals surface area contributed by atoms with Crippen molar-refractivity contribution in [2.75, 3.05) is 13.1 Å². The molecule has 0 aromatic heterocycles. The zero-order valence-corrected chi connectivity index (χ0v) is 13.0. The fraction of sp³-hybridized carbons (Fsp3) is 0.867. The van der Waals surface area contributed by atoms with Crippen LogP contribution < -0.4 is 5.73 Å². The molecule has 0 aromatic carbocycles. The van der Waals surface area contributed by atoms with Crippen molar-refractivity contribution in [3.05, 3.63) is 0 Å². The Labute approximate surface area is 122 Å². The molecule has 0 radical (unpaired) electrons. The standard InChI is InChI=1S/C15H28N2OS/c1-2-3-4-5-6-7-10-14(18)17-11-8-9-13(12-17)15(16)19/h13H,2-12H2,1H3,(H2,16,19). The van der Waals surface area contributed by atoms with Gasteiger partial charge in [0.15, 0.2) is 0 Å². The number of likely N-dealkylation sites (tertiary alicyclic amines) is 1. The summed E-state index contributed by atoms with van der Waals surface area (Å²) in [6.07, 6.45) is 10.1. The number of amides is 1. The van der Waals surface area contributed by atoms with E-state index in [9.17, 15) is 4.79 Å². The van der Waals surface area contributed by atoms with Crippen LogP contribution in [0.5, 0.6) is 0 Å². The molecular formula is C15H28N2OS. The average molecular weight is 284 g/mol. The van der Waals surface area contributed by atoms with Gasteiger partial charge in [-0.25, -0.2) is 0 Å². The highest BCUT2D eigenvalue weighted by atomic mass is 32.1. The van der Waals surface area contributed by atoms with Crippen molar-refractivity contribution in [2.45, 2.75) is 64.7 Å². The summed E-state index contributed by atoms with van der Waals surface area (Å²) in [7, 11) is 0.